The van der Waals surface area contributed by atoms with Crippen LogP contribution in [0.5, 0.6) is 5.75 Å². The molecule has 2 rings (SSSR count). The summed E-state index contributed by atoms with van der Waals surface area (Å²) in [6.45, 7) is 2.50. The molecule has 0 aromatic heterocycles. The third kappa shape index (κ3) is 6.05. The van der Waals surface area contributed by atoms with E-state index in [2.05, 4.69) is 24.4 Å². The van der Waals surface area contributed by atoms with Crippen LogP contribution in [0.25, 0.3) is 0 Å². The van der Waals surface area contributed by atoms with Crippen molar-refractivity contribution in [3.05, 3.63) is 65.2 Å². The summed E-state index contributed by atoms with van der Waals surface area (Å²) in [5, 5.41) is 13.8. The normalized spacial score (nSPS) is 13.2. The van der Waals surface area contributed by atoms with Crippen LogP contribution in [0.2, 0.25) is 0 Å². The van der Waals surface area contributed by atoms with Gasteiger partial charge in [0.25, 0.3) is 5.91 Å². The SMILES string of the molecule is CSOc1ccc(C(O)CNC(C)CCc2ccccc2)cc1C(N)=O. The van der Waals surface area contributed by atoms with Crippen molar-refractivity contribution in [2.24, 2.45) is 5.73 Å². The Morgan fingerprint density at radius 2 is 2.00 bits per heavy atom. The zero-order chi connectivity index (χ0) is 18.9. The Balaban J connectivity index is 1.89. The summed E-state index contributed by atoms with van der Waals surface area (Å²) in [5.74, 6) is -0.169. The molecule has 6 heteroatoms. The summed E-state index contributed by atoms with van der Waals surface area (Å²) >= 11 is 1.14. The predicted octanol–water partition coefficient (Wildman–Crippen LogP) is 3.09. The van der Waals surface area contributed by atoms with Crippen molar-refractivity contribution in [1.82, 2.24) is 5.32 Å². The Morgan fingerprint density at radius 3 is 2.65 bits per heavy atom. The number of rotatable bonds is 10. The number of nitrogens with one attached hydrogen (secondary N) is 1. The lowest BCUT2D eigenvalue weighted by Gasteiger charge is -2.18. The van der Waals surface area contributed by atoms with Crippen molar-refractivity contribution < 1.29 is 14.1 Å². The van der Waals surface area contributed by atoms with Gasteiger partial charge in [-0.1, -0.05) is 36.4 Å². The molecule has 2 atom stereocenters. The van der Waals surface area contributed by atoms with E-state index in [1.54, 1.807) is 24.5 Å². The van der Waals surface area contributed by atoms with E-state index in [9.17, 15) is 9.90 Å². The lowest BCUT2D eigenvalue weighted by Crippen LogP contribution is -2.31. The highest BCUT2D eigenvalue weighted by Crippen LogP contribution is 2.25. The van der Waals surface area contributed by atoms with Gasteiger partial charge in [0, 0.05) is 18.8 Å². The molecule has 5 nitrogen and oxygen atoms in total. The van der Waals surface area contributed by atoms with Crippen LogP contribution in [0.1, 0.15) is 40.9 Å². The van der Waals surface area contributed by atoms with Gasteiger partial charge in [0.05, 0.1) is 23.7 Å². The molecule has 0 radical (unpaired) electrons. The second kappa shape index (κ2) is 10.2. The molecule has 0 aliphatic carbocycles. The van der Waals surface area contributed by atoms with Gasteiger partial charge in [-0.2, -0.15) is 0 Å². The summed E-state index contributed by atoms with van der Waals surface area (Å²) in [5.41, 5.74) is 7.61. The molecule has 2 unspecified atom stereocenters. The fraction of sp³-hybridized carbons (Fsp3) is 0.350. The summed E-state index contributed by atoms with van der Waals surface area (Å²) in [7, 11) is 0. The fourth-order valence-corrected chi connectivity index (χ4v) is 3.00. The molecule has 0 aliphatic heterocycles. The van der Waals surface area contributed by atoms with Crippen molar-refractivity contribution in [1.29, 1.82) is 0 Å². The Labute approximate surface area is 159 Å². The van der Waals surface area contributed by atoms with Crippen LogP contribution in [0.15, 0.2) is 48.5 Å². The number of carbonyl (C=O) groups is 1. The number of hydrogen-bond donors (Lipinski definition) is 3. The highest BCUT2D eigenvalue weighted by molar-refractivity contribution is 7.94. The van der Waals surface area contributed by atoms with Gasteiger partial charge < -0.3 is 20.3 Å². The molecule has 0 saturated heterocycles. The summed E-state index contributed by atoms with van der Waals surface area (Å²) < 4.78 is 5.32. The van der Waals surface area contributed by atoms with Gasteiger partial charge in [0.1, 0.15) is 5.75 Å². The van der Waals surface area contributed by atoms with Crippen LogP contribution >= 0.6 is 12.0 Å². The maximum absolute atomic E-state index is 11.6. The number of primary amides is 1. The Kier molecular flexibility index (Phi) is 7.97. The van der Waals surface area contributed by atoms with Gasteiger partial charge in [-0.05, 0) is 43.0 Å². The van der Waals surface area contributed by atoms with Crippen LogP contribution < -0.4 is 15.2 Å². The molecule has 26 heavy (non-hydrogen) atoms. The van der Waals surface area contributed by atoms with E-state index in [-0.39, 0.29) is 11.6 Å². The van der Waals surface area contributed by atoms with Gasteiger partial charge in [0.2, 0.25) is 0 Å². The number of benzene rings is 2. The molecule has 4 N–H and O–H groups in total. The van der Waals surface area contributed by atoms with E-state index in [0.717, 1.165) is 24.9 Å². The van der Waals surface area contributed by atoms with Crippen LogP contribution in [0.4, 0.5) is 0 Å². The first-order valence-electron chi connectivity index (χ1n) is 8.61. The maximum Gasteiger partial charge on any atom is 0.252 e. The molecule has 0 spiro atoms. The first kappa shape index (κ1) is 20.3. The quantitative estimate of drug-likeness (QED) is 0.557. The number of aliphatic hydroxyl groups is 1. The van der Waals surface area contributed by atoms with E-state index in [0.29, 0.717) is 17.9 Å². The number of hydrogen-bond acceptors (Lipinski definition) is 5. The molecule has 1 amide bonds. The van der Waals surface area contributed by atoms with Gasteiger partial charge in [-0.25, -0.2) is 0 Å². The third-order valence-electron chi connectivity index (χ3n) is 4.20. The fourth-order valence-electron chi connectivity index (χ4n) is 2.67. The monoisotopic (exact) mass is 374 g/mol. The minimum atomic E-state index is -0.726. The lowest BCUT2D eigenvalue weighted by atomic mass is 10.0. The highest BCUT2D eigenvalue weighted by atomic mass is 32.2. The number of carbonyl (C=O) groups excluding carboxylic acids is 1. The van der Waals surface area contributed by atoms with Crippen molar-refractivity contribution >= 4 is 17.9 Å². The molecule has 0 fully saturated rings. The number of aliphatic hydroxyl groups excluding tert-OH is 1. The highest BCUT2D eigenvalue weighted by Gasteiger charge is 2.15. The maximum atomic E-state index is 11.6. The molecule has 0 saturated carbocycles. The molecule has 2 aromatic carbocycles. The van der Waals surface area contributed by atoms with Gasteiger partial charge >= 0.3 is 0 Å². The lowest BCUT2D eigenvalue weighted by molar-refractivity contribution is 0.0998. The first-order chi connectivity index (χ1) is 12.5. The predicted molar refractivity (Wildman–Crippen MR) is 106 cm³/mol. The minimum Gasteiger partial charge on any atom is -0.425 e. The topological polar surface area (TPSA) is 84.6 Å². The summed E-state index contributed by atoms with van der Waals surface area (Å²) in [4.78, 5) is 11.6. The second-order valence-electron chi connectivity index (χ2n) is 6.22. The van der Waals surface area contributed by atoms with Crippen LogP contribution in [-0.2, 0) is 6.42 Å². The molecule has 140 valence electrons. The molecule has 2 aromatic rings. The largest absolute Gasteiger partial charge is 0.425 e. The van der Waals surface area contributed by atoms with Crippen molar-refractivity contribution in [2.75, 3.05) is 12.8 Å². The van der Waals surface area contributed by atoms with Crippen LogP contribution in [0.3, 0.4) is 0 Å². The molecule has 0 aliphatic rings. The van der Waals surface area contributed by atoms with E-state index in [1.807, 2.05) is 18.2 Å². The first-order valence-corrected chi connectivity index (χ1v) is 9.76. The van der Waals surface area contributed by atoms with Crippen molar-refractivity contribution in [3.63, 3.8) is 0 Å². The minimum absolute atomic E-state index is 0.263. The van der Waals surface area contributed by atoms with Gasteiger partial charge in [-0.15, -0.1) is 0 Å². The Hall–Kier alpha value is -2.02. The second-order valence-corrected chi connectivity index (χ2v) is 6.72. The van der Waals surface area contributed by atoms with E-state index >= 15 is 0 Å². The molecule has 0 bridgehead atoms. The molecular weight excluding hydrogens is 348 g/mol. The van der Waals surface area contributed by atoms with E-state index in [4.69, 9.17) is 9.92 Å². The number of nitrogens with two attached hydrogens (primary N) is 1. The number of aryl methyl sites for hydroxylation is 1. The summed E-state index contributed by atoms with van der Waals surface area (Å²) in [6.07, 6.45) is 2.99. The number of amides is 1. The van der Waals surface area contributed by atoms with Crippen LogP contribution in [0, 0.1) is 0 Å². The van der Waals surface area contributed by atoms with Gasteiger partial charge in [-0.3, -0.25) is 4.79 Å². The van der Waals surface area contributed by atoms with Gasteiger partial charge in [0.15, 0.2) is 0 Å². The average Bonchev–Trinajstić information content (AvgIpc) is 2.65. The Bertz CT molecular complexity index is 709. The Morgan fingerprint density at radius 1 is 1.27 bits per heavy atom. The zero-order valence-electron chi connectivity index (χ0n) is 15.1. The van der Waals surface area contributed by atoms with E-state index in [1.165, 1.54) is 5.56 Å². The van der Waals surface area contributed by atoms with Crippen molar-refractivity contribution in [3.8, 4) is 5.75 Å². The zero-order valence-corrected chi connectivity index (χ0v) is 16.0. The van der Waals surface area contributed by atoms with Crippen LogP contribution in [-0.4, -0.2) is 29.9 Å². The molecule has 0 heterocycles. The summed E-state index contributed by atoms with van der Waals surface area (Å²) in [6, 6.07) is 15.6. The molecular formula is C20H26N2O3S. The third-order valence-corrected chi connectivity index (χ3v) is 4.54. The standard InChI is InChI=1S/C20H26N2O3S/c1-14(8-9-15-6-4-3-5-7-15)22-13-18(23)16-10-11-19(25-26-2)17(12-16)20(21)24/h3-7,10-12,14,18,22-23H,8-9,13H2,1-2H3,(H2,21,24). The van der Waals surface area contributed by atoms with Crippen molar-refractivity contribution in [2.45, 2.75) is 31.9 Å². The smallest absolute Gasteiger partial charge is 0.252 e. The average molecular weight is 375 g/mol. The van der Waals surface area contributed by atoms with E-state index < -0.39 is 12.0 Å².